The minimum absolute atomic E-state index is 0.584. The van der Waals surface area contributed by atoms with Crippen LogP contribution in [0.1, 0.15) is 0 Å². The van der Waals surface area contributed by atoms with Gasteiger partial charge in [0, 0.05) is 14.1 Å². The van der Waals surface area contributed by atoms with Gasteiger partial charge in [0.05, 0.1) is 0 Å². The first-order chi connectivity index (χ1) is 5.70. The van der Waals surface area contributed by atoms with Crippen molar-refractivity contribution in [2.75, 3.05) is 14.1 Å². The van der Waals surface area contributed by atoms with Gasteiger partial charge in [-0.1, -0.05) is 12.1 Å². The topological polar surface area (TPSA) is 29.5 Å². The lowest BCUT2D eigenvalue weighted by atomic mass is 10.3. The van der Waals surface area contributed by atoms with Crippen molar-refractivity contribution in [1.82, 2.24) is 4.31 Å². The summed E-state index contributed by atoms with van der Waals surface area (Å²) in [4.78, 5) is 0. The molecule has 0 aliphatic rings. The standard InChI is InChI=1S/C8H10NO2S/c1-9(2)12(10)11-8-6-4-3-5-7-8/h4-7H,1-2H3. The molecule has 3 nitrogen and oxygen atoms in total. The molecule has 0 bridgehead atoms. The lowest BCUT2D eigenvalue weighted by molar-refractivity contribution is 0.493. The summed E-state index contributed by atoms with van der Waals surface area (Å²) in [6, 6.07) is 9.68. The number of rotatable bonds is 3. The lowest BCUT2D eigenvalue weighted by Crippen LogP contribution is -2.19. The molecule has 12 heavy (non-hydrogen) atoms. The second kappa shape index (κ2) is 4.23. The maximum atomic E-state index is 11.1. The van der Waals surface area contributed by atoms with E-state index in [0.717, 1.165) is 0 Å². The van der Waals surface area contributed by atoms with Gasteiger partial charge in [-0.25, -0.2) is 0 Å². The molecule has 1 aromatic carbocycles. The fraction of sp³-hybridized carbons (Fsp3) is 0.250. The largest absolute Gasteiger partial charge is 0.389 e. The number of hydrogen-bond acceptors (Lipinski definition) is 2. The zero-order valence-electron chi connectivity index (χ0n) is 6.98. The van der Waals surface area contributed by atoms with Crippen LogP contribution in [0, 0.1) is 6.07 Å². The smallest absolute Gasteiger partial charge is 0.290 e. The molecular formula is C8H10NO2S. The van der Waals surface area contributed by atoms with Crippen LogP contribution in [0.2, 0.25) is 0 Å². The Bertz CT molecular complexity index is 261. The molecule has 1 radical (unpaired) electrons. The van der Waals surface area contributed by atoms with Gasteiger partial charge in [-0.2, -0.15) is 8.51 Å². The highest BCUT2D eigenvalue weighted by atomic mass is 32.2. The van der Waals surface area contributed by atoms with Gasteiger partial charge < -0.3 is 4.18 Å². The molecule has 0 saturated carbocycles. The van der Waals surface area contributed by atoms with E-state index in [-0.39, 0.29) is 0 Å². The highest BCUT2D eigenvalue weighted by Crippen LogP contribution is 2.09. The van der Waals surface area contributed by atoms with Crippen molar-refractivity contribution in [3.63, 3.8) is 0 Å². The van der Waals surface area contributed by atoms with Gasteiger partial charge in [0.1, 0.15) is 5.75 Å². The third-order valence-corrected chi connectivity index (χ3v) is 2.08. The van der Waals surface area contributed by atoms with Crippen LogP contribution in [0.25, 0.3) is 0 Å². The third-order valence-electron chi connectivity index (χ3n) is 1.15. The van der Waals surface area contributed by atoms with E-state index in [1.807, 2.05) is 0 Å². The Morgan fingerprint density at radius 3 is 2.50 bits per heavy atom. The Morgan fingerprint density at radius 2 is 2.00 bits per heavy atom. The van der Waals surface area contributed by atoms with Gasteiger partial charge in [-0.3, -0.25) is 0 Å². The molecule has 1 rings (SSSR count). The Hall–Kier alpha value is -0.870. The first kappa shape index (κ1) is 9.22. The number of benzene rings is 1. The SMILES string of the molecule is CN(C)S(=O)Oc1cc[c]cc1. The lowest BCUT2D eigenvalue weighted by Gasteiger charge is -2.08. The number of hydrogen-bond donors (Lipinski definition) is 0. The van der Waals surface area contributed by atoms with E-state index in [9.17, 15) is 4.21 Å². The van der Waals surface area contributed by atoms with Gasteiger partial charge in [-0.15, -0.1) is 0 Å². The minimum Gasteiger partial charge on any atom is -0.389 e. The van der Waals surface area contributed by atoms with Crippen LogP contribution < -0.4 is 4.18 Å². The zero-order chi connectivity index (χ0) is 8.97. The van der Waals surface area contributed by atoms with Crippen molar-refractivity contribution in [2.24, 2.45) is 0 Å². The Kier molecular flexibility index (Phi) is 3.25. The Balaban J connectivity index is 2.59. The summed E-state index contributed by atoms with van der Waals surface area (Å²) in [5, 5.41) is 0. The summed E-state index contributed by atoms with van der Waals surface area (Å²) in [7, 11) is 3.37. The molecule has 4 heteroatoms. The van der Waals surface area contributed by atoms with Gasteiger partial charge in [0.15, 0.2) is 0 Å². The molecule has 0 amide bonds. The predicted molar refractivity (Wildman–Crippen MR) is 47.7 cm³/mol. The summed E-state index contributed by atoms with van der Waals surface area (Å²) in [6.45, 7) is 0. The van der Waals surface area contributed by atoms with Gasteiger partial charge in [-0.05, 0) is 18.2 Å². The van der Waals surface area contributed by atoms with Crippen molar-refractivity contribution in [3.05, 3.63) is 30.3 Å². The van der Waals surface area contributed by atoms with Crippen LogP contribution in [-0.4, -0.2) is 22.6 Å². The summed E-state index contributed by atoms with van der Waals surface area (Å²) in [5.74, 6) is 0.584. The molecule has 0 spiro atoms. The summed E-state index contributed by atoms with van der Waals surface area (Å²) >= 11 is -1.40. The fourth-order valence-corrected chi connectivity index (χ4v) is 1.01. The van der Waals surface area contributed by atoms with Crippen LogP contribution in [0.4, 0.5) is 0 Å². The van der Waals surface area contributed by atoms with Gasteiger partial charge in [0.2, 0.25) is 0 Å². The summed E-state index contributed by atoms with van der Waals surface area (Å²) < 4.78 is 17.7. The molecule has 1 aromatic rings. The zero-order valence-corrected chi connectivity index (χ0v) is 7.80. The van der Waals surface area contributed by atoms with Crippen molar-refractivity contribution in [2.45, 2.75) is 0 Å². The first-order valence-electron chi connectivity index (χ1n) is 3.44. The molecule has 1 unspecified atom stereocenters. The quantitative estimate of drug-likeness (QED) is 0.701. The fourth-order valence-electron chi connectivity index (χ4n) is 0.584. The molecule has 0 aliphatic carbocycles. The molecule has 0 aliphatic heterocycles. The molecule has 0 fully saturated rings. The van der Waals surface area contributed by atoms with Gasteiger partial charge in [0.25, 0.3) is 11.3 Å². The molecule has 0 saturated heterocycles. The van der Waals surface area contributed by atoms with E-state index in [0.29, 0.717) is 5.75 Å². The van der Waals surface area contributed by atoms with Crippen LogP contribution in [0.5, 0.6) is 5.75 Å². The van der Waals surface area contributed by atoms with E-state index >= 15 is 0 Å². The predicted octanol–water partition coefficient (Wildman–Crippen LogP) is 1.01. The molecule has 0 heterocycles. The van der Waals surface area contributed by atoms with Crippen LogP contribution in [-0.2, 0) is 11.3 Å². The normalized spacial score (nSPS) is 12.9. The minimum atomic E-state index is -1.40. The molecule has 0 aromatic heterocycles. The molecular weight excluding hydrogens is 174 g/mol. The van der Waals surface area contributed by atoms with Crippen molar-refractivity contribution >= 4 is 11.3 Å². The van der Waals surface area contributed by atoms with Crippen molar-refractivity contribution in [3.8, 4) is 5.75 Å². The van der Waals surface area contributed by atoms with E-state index in [1.165, 1.54) is 4.31 Å². The van der Waals surface area contributed by atoms with E-state index in [4.69, 9.17) is 4.18 Å². The second-order valence-electron chi connectivity index (χ2n) is 2.35. The number of nitrogens with zero attached hydrogens (tertiary/aromatic N) is 1. The molecule has 1 atom stereocenters. The first-order valence-corrected chi connectivity index (χ1v) is 4.47. The molecule has 0 N–H and O–H groups in total. The summed E-state index contributed by atoms with van der Waals surface area (Å²) in [5.41, 5.74) is 0. The maximum absolute atomic E-state index is 11.1. The van der Waals surface area contributed by atoms with Crippen molar-refractivity contribution in [1.29, 1.82) is 0 Å². The second-order valence-corrected chi connectivity index (χ2v) is 3.68. The Morgan fingerprint density at radius 1 is 1.42 bits per heavy atom. The summed E-state index contributed by atoms with van der Waals surface area (Å²) in [6.07, 6.45) is 0. The highest BCUT2D eigenvalue weighted by molar-refractivity contribution is 7.78. The van der Waals surface area contributed by atoms with Crippen LogP contribution in [0.15, 0.2) is 24.3 Å². The van der Waals surface area contributed by atoms with Crippen molar-refractivity contribution < 1.29 is 8.39 Å². The monoisotopic (exact) mass is 184 g/mol. The maximum Gasteiger partial charge on any atom is 0.290 e. The highest BCUT2D eigenvalue weighted by Gasteiger charge is 2.03. The Labute approximate surface area is 74.8 Å². The molecule has 65 valence electrons. The average Bonchev–Trinajstić information content (AvgIpc) is 2.06. The average molecular weight is 184 g/mol. The van der Waals surface area contributed by atoms with Gasteiger partial charge >= 0.3 is 0 Å². The van der Waals surface area contributed by atoms with Crippen LogP contribution >= 0.6 is 0 Å². The third kappa shape index (κ3) is 2.64. The van der Waals surface area contributed by atoms with Crippen LogP contribution in [0.3, 0.4) is 0 Å². The van der Waals surface area contributed by atoms with E-state index in [2.05, 4.69) is 6.07 Å². The van der Waals surface area contributed by atoms with E-state index < -0.39 is 11.3 Å². The van der Waals surface area contributed by atoms with E-state index in [1.54, 1.807) is 38.4 Å².